The van der Waals surface area contributed by atoms with Crippen molar-refractivity contribution < 1.29 is 9.53 Å². The summed E-state index contributed by atoms with van der Waals surface area (Å²) in [4.78, 5) is 16.4. The first-order valence-electron chi connectivity index (χ1n) is 9.33. The highest BCUT2D eigenvalue weighted by atomic mass is 35.5. The second-order valence-corrected chi connectivity index (χ2v) is 8.13. The first-order chi connectivity index (χ1) is 13.0. The van der Waals surface area contributed by atoms with Gasteiger partial charge in [-0.25, -0.2) is 0 Å². The molecule has 1 aromatic carbocycles. The van der Waals surface area contributed by atoms with E-state index in [1.807, 2.05) is 24.3 Å². The molecule has 140 valence electrons. The molecule has 0 saturated heterocycles. The monoisotopic (exact) mass is 401 g/mol. The van der Waals surface area contributed by atoms with E-state index in [9.17, 15) is 4.79 Å². The molecule has 1 heterocycles. The first kappa shape index (κ1) is 18.5. The van der Waals surface area contributed by atoms with Gasteiger partial charge in [-0.3, -0.25) is 9.78 Å². The zero-order valence-electron chi connectivity index (χ0n) is 15.2. The van der Waals surface area contributed by atoms with E-state index >= 15 is 0 Å². The molecular formula is C22H21Cl2NO2. The van der Waals surface area contributed by atoms with Gasteiger partial charge in [0.2, 0.25) is 0 Å². The Morgan fingerprint density at radius 2 is 2.11 bits per heavy atom. The molecule has 1 atom stereocenters. The smallest absolute Gasteiger partial charge is 0.156 e. The van der Waals surface area contributed by atoms with Gasteiger partial charge in [0.25, 0.3) is 0 Å². The Balaban J connectivity index is 1.72. The third kappa shape index (κ3) is 3.28. The predicted octanol–water partition coefficient (Wildman–Crippen LogP) is 6.06. The Labute approximate surface area is 169 Å². The number of carbonyl (C=O) groups is 1. The Hall–Kier alpha value is -1.84. The van der Waals surface area contributed by atoms with Gasteiger partial charge in [0, 0.05) is 23.6 Å². The number of carbonyl (C=O) groups excluding carboxylic acids is 1. The van der Waals surface area contributed by atoms with Crippen molar-refractivity contribution in [2.75, 3.05) is 0 Å². The lowest BCUT2D eigenvalue weighted by atomic mass is 9.70. The number of pyridine rings is 1. The SMILES string of the molecule is CCC[C@]12CCC(=O)C=C1c1c(cc(OCc3ccccn3)c(Cl)c1Cl)C2. The minimum absolute atomic E-state index is 0.00241. The first-order valence-corrected chi connectivity index (χ1v) is 10.1. The van der Waals surface area contributed by atoms with Crippen molar-refractivity contribution in [2.24, 2.45) is 5.41 Å². The molecule has 0 saturated carbocycles. The maximum absolute atomic E-state index is 12.1. The van der Waals surface area contributed by atoms with Crippen LogP contribution in [-0.4, -0.2) is 10.8 Å². The van der Waals surface area contributed by atoms with Crippen molar-refractivity contribution in [1.29, 1.82) is 0 Å². The minimum Gasteiger partial charge on any atom is -0.486 e. The Morgan fingerprint density at radius 1 is 1.26 bits per heavy atom. The zero-order chi connectivity index (χ0) is 19.0. The van der Waals surface area contributed by atoms with Crippen LogP contribution in [0.15, 0.2) is 36.5 Å². The summed E-state index contributed by atoms with van der Waals surface area (Å²) in [5, 5.41) is 0.890. The average Bonchev–Trinajstić information content (AvgIpc) is 2.98. The minimum atomic E-state index is -0.00241. The van der Waals surface area contributed by atoms with E-state index in [1.165, 1.54) is 0 Å². The lowest BCUT2D eigenvalue weighted by molar-refractivity contribution is -0.115. The van der Waals surface area contributed by atoms with E-state index < -0.39 is 0 Å². The number of rotatable bonds is 5. The van der Waals surface area contributed by atoms with Crippen molar-refractivity contribution in [2.45, 2.75) is 45.6 Å². The highest BCUT2D eigenvalue weighted by Gasteiger charge is 2.45. The van der Waals surface area contributed by atoms with Crippen molar-refractivity contribution in [3.63, 3.8) is 0 Å². The fraction of sp³-hybridized carbons (Fsp3) is 0.364. The van der Waals surface area contributed by atoms with Gasteiger partial charge in [-0.15, -0.1) is 0 Å². The molecule has 5 heteroatoms. The standard InChI is InChI=1S/C22H21Cl2NO2/c1-2-7-22-8-6-16(26)11-17(22)19-14(12-22)10-18(20(23)21(19)24)27-13-15-5-3-4-9-25-15/h3-5,9-11H,2,6-8,12-13H2,1H3/t22-/m1/s1. The molecule has 0 fully saturated rings. The van der Waals surface area contributed by atoms with Gasteiger partial charge >= 0.3 is 0 Å². The summed E-state index contributed by atoms with van der Waals surface area (Å²) in [6.45, 7) is 2.51. The van der Waals surface area contributed by atoms with Crippen LogP contribution in [-0.2, 0) is 17.8 Å². The van der Waals surface area contributed by atoms with E-state index in [1.54, 1.807) is 12.3 Å². The van der Waals surface area contributed by atoms with Gasteiger partial charge in [-0.1, -0.05) is 42.6 Å². The highest BCUT2D eigenvalue weighted by molar-refractivity contribution is 6.44. The molecule has 4 rings (SSSR count). The van der Waals surface area contributed by atoms with Crippen LogP contribution in [0.5, 0.6) is 5.75 Å². The quantitative estimate of drug-likeness (QED) is 0.611. The normalized spacial score (nSPS) is 20.9. The maximum Gasteiger partial charge on any atom is 0.156 e. The van der Waals surface area contributed by atoms with Gasteiger partial charge < -0.3 is 4.74 Å². The number of allylic oxidation sites excluding steroid dienone is 2. The third-order valence-corrected chi connectivity index (χ3v) is 6.46. The highest BCUT2D eigenvalue weighted by Crippen LogP contribution is 2.58. The number of ether oxygens (including phenoxy) is 1. The van der Waals surface area contributed by atoms with Crippen LogP contribution in [0.4, 0.5) is 0 Å². The van der Waals surface area contributed by atoms with Crippen LogP contribution >= 0.6 is 23.2 Å². The molecule has 0 bridgehead atoms. The van der Waals surface area contributed by atoms with Crippen LogP contribution in [0.2, 0.25) is 10.0 Å². The maximum atomic E-state index is 12.1. The second kappa shape index (κ2) is 7.29. The summed E-state index contributed by atoms with van der Waals surface area (Å²) in [5.74, 6) is 0.746. The van der Waals surface area contributed by atoms with E-state index in [2.05, 4.69) is 11.9 Å². The molecule has 2 aliphatic carbocycles. The Kier molecular flexibility index (Phi) is 5.00. The predicted molar refractivity (Wildman–Crippen MR) is 108 cm³/mol. The molecule has 27 heavy (non-hydrogen) atoms. The molecule has 2 aliphatic rings. The van der Waals surface area contributed by atoms with Gasteiger partial charge in [-0.05, 0) is 54.7 Å². The van der Waals surface area contributed by atoms with E-state index in [4.69, 9.17) is 27.9 Å². The summed E-state index contributed by atoms with van der Waals surface area (Å²) in [5.41, 5.74) is 3.95. The van der Waals surface area contributed by atoms with Gasteiger partial charge in [-0.2, -0.15) is 0 Å². The average molecular weight is 402 g/mol. The molecule has 0 unspecified atom stereocenters. The van der Waals surface area contributed by atoms with Crippen LogP contribution in [0, 0.1) is 5.41 Å². The number of nitrogens with zero attached hydrogens (tertiary/aromatic N) is 1. The van der Waals surface area contributed by atoms with Gasteiger partial charge in [0.05, 0.1) is 10.7 Å². The second-order valence-electron chi connectivity index (χ2n) is 7.38. The Morgan fingerprint density at radius 3 is 2.85 bits per heavy atom. The topological polar surface area (TPSA) is 39.2 Å². The van der Waals surface area contributed by atoms with Crippen molar-refractivity contribution in [1.82, 2.24) is 4.98 Å². The van der Waals surface area contributed by atoms with Gasteiger partial charge in [0.1, 0.15) is 17.4 Å². The lowest BCUT2D eigenvalue weighted by Crippen LogP contribution is -2.25. The molecule has 0 spiro atoms. The largest absolute Gasteiger partial charge is 0.486 e. The van der Waals surface area contributed by atoms with Crippen LogP contribution < -0.4 is 4.74 Å². The molecule has 3 nitrogen and oxygen atoms in total. The summed E-state index contributed by atoms with van der Waals surface area (Å²) in [6, 6.07) is 7.69. The number of benzene rings is 1. The summed E-state index contributed by atoms with van der Waals surface area (Å²) in [6.07, 6.45) is 7.99. The van der Waals surface area contributed by atoms with Crippen molar-refractivity contribution in [3.05, 3.63) is 63.4 Å². The van der Waals surface area contributed by atoms with Gasteiger partial charge in [0.15, 0.2) is 5.78 Å². The van der Waals surface area contributed by atoms with Crippen LogP contribution in [0.3, 0.4) is 0 Å². The Bertz CT molecular complexity index is 924. The van der Waals surface area contributed by atoms with E-state index in [-0.39, 0.29) is 11.2 Å². The number of aromatic nitrogens is 1. The zero-order valence-corrected chi connectivity index (χ0v) is 16.7. The molecule has 0 aliphatic heterocycles. The molecule has 0 radical (unpaired) electrons. The van der Waals surface area contributed by atoms with Crippen LogP contribution in [0.25, 0.3) is 5.57 Å². The molecule has 0 amide bonds. The van der Waals surface area contributed by atoms with E-state index in [0.29, 0.717) is 28.8 Å². The van der Waals surface area contributed by atoms with Crippen molar-refractivity contribution >= 4 is 34.6 Å². The van der Waals surface area contributed by atoms with Crippen LogP contribution in [0.1, 0.15) is 49.4 Å². The van der Waals surface area contributed by atoms with E-state index in [0.717, 1.165) is 48.1 Å². The summed E-state index contributed by atoms with van der Waals surface area (Å²) in [7, 11) is 0. The molecule has 1 aromatic heterocycles. The number of ketones is 1. The fourth-order valence-corrected chi connectivity index (χ4v) is 4.94. The third-order valence-electron chi connectivity index (χ3n) is 5.61. The summed E-state index contributed by atoms with van der Waals surface area (Å²) >= 11 is 13.2. The number of halogens is 2. The number of hydrogen-bond donors (Lipinski definition) is 0. The number of fused-ring (bicyclic) bond motifs is 3. The fourth-order valence-electron chi connectivity index (χ4n) is 4.42. The van der Waals surface area contributed by atoms with Crippen molar-refractivity contribution in [3.8, 4) is 5.75 Å². The number of hydrogen-bond acceptors (Lipinski definition) is 3. The molecule has 2 aromatic rings. The lowest BCUT2D eigenvalue weighted by Gasteiger charge is -2.33. The summed E-state index contributed by atoms with van der Waals surface area (Å²) < 4.78 is 5.93. The molecule has 0 N–H and O–H groups in total. The molecular weight excluding hydrogens is 381 g/mol.